The third-order valence-electron chi connectivity index (χ3n) is 3.68. The Morgan fingerprint density at radius 1 is 1.33 bits per heavy atom. The molecule has 1 N–H and O–H groups in total. The van der Waals surface area contributed by atoms with Crippen LogP contribution in [0.2, 0.25) is 0 Å². The van der Waals surface area contributed by atoms with E-state index in [9.17, 15) is 4.79 Å². The number of fused-ring (bicyclic) bond motifs is 1. The first-order valence-electron chi connectivity index (χ1n) is 7.49. The highest BCUT2D eigenvalue weighted by Crippen LogP contribution is 2.31. The van der Waals surface area contributed by atoms with E-state index in [-0.39, 0.29) is 11.2 Å². The number of methoxy groups -OCH3 is 1. The van der Waals surface area contributed by atoms with Crippen molar-refractivity contribution in [3.05, 3.63) is 30.0 Å². The van der Waals surface area contributed by atoms with Crippen molar-refractivity contribution in [3.63, 3.8) is 0 Å². The highest BCUT2D eigenvalue weighted by atomic mass is 16.5. The second-order valence-electron chi connectivity index (χ2n) is 7.08. The number of carbonyl (C=O) groups excluding carboxylic acids is 1. The Kier molecular flexibility index (Phi) is 4.40. The maximum absolute atomic E-state index is 12.6. The van der Waals surface area contributed by atoms with E-state index in [0.717, 1.165) is 28.6 Å². The summed E-state index contributed by atoms with van der Waals surface area (Å²) in [6, 6.07) is 5.78. The van der Waals surface area contributed by atoms with Crippen LogP contribution in [0, 0.1) is 11.3 Å². The third kappa shape index (κ3) is 3.66. The molecular formula is C18H25NO2. The molecule has 0 aliphatic heterocycles. The van der Waals surface area contributed by atoms with E-state index in [1.807, 2.05) is 18.2 Å². The number of H-pyrrole nitrogens is 1. The summed E-state index contributed by atoms with van der Waals surface area (Å²) < 4.78 is 5.39. The molecule has 3 nitrogen and oxygen atoms in total. The number of hydrogen-bond donors (Lipinski definition) is 1. The Labute approximate surface area is 126 Å². The maximum atomic E-state index is 12.6. The molecule has 2 aromatic rings. The normalized spacial score (nSPS) is 13.4. The van der Waals surface area contributed by atoms with Crippen molar-refractivity contribution in [2.24, 2.45) is 11.3 Å². The zero-order valence-corrected chi connectivity index (χ0v) is 13.6. The van der Waals surface area contributed by atoms with Crippen LogP contribution in [-0.2, 0) is 0 Å². The van der Waals surface area contributed by atoms with Gasteiger partial charge in [0.25, 0.3) is 0 Å². The summed E-state index contributed by atoms with van der Waals surface area (Å²) in [7, 11) is 1.64. The van der Waals surface area contributed by atoms with Gasteiger partial charge in [-0.05, 0) is 29.9 Å². The highest BCUT2D eigenvalue weighted by Gasteiger charge is 2.21. The molecule has 1 aromatic carbocycles. The Bertz CT molecular complexity index is 634. The number of Topliss-reactive ketones (excluding diaryl/α,β-unsaturated/α-hetero) is 1. The fourth-order valence-corrected chi connectivity index (χ4v) is 3.09. The first-order valence-corrected chi connectivity index (χ1v) is 7.49. The minimum atomic E-state index is 0.183. The topological polar surface area (TPSA) is 42.1 Å². The van der Waals surface area contributed by atoms with Gasteiger partial charge < -0.3 is 9.72 Å². The van der Waals surface area contributed by atoms with E-state index in [0.29, 0.717) is 12.3 Å². The first-order chi connectivity index (χ1) is 9.81. The monoisotopic (exact) mass is 287 g/mol. The first kappa shape index (κ1) is 15.6. The van der Waals surface area contributed by atoms with Crippen molar-refractivity contribution in [2.45, 2.75) is 40.5 Å². The van der Waals surface area contributed by atoms with Crippen molar-refractivity contribution in [1.82, 2.24) is 4.98 Å². The molecule has 2 rings (SSSR count). The Morgan fingerprint density at radius 2 is 2.05 bits per heavy atom. The van der Waals surface area contributed by atoms with Crippen LogP contribution in [0.1, 0.15) is 50.9 Å². The molecule has 0 aliphatic carbocycles. The molecule has 1 atom stereocenters. The van der Waals surface area contributed by atoms with Gasteiger partial charge in [0.2, 0.25) is 0 Å². The fraction of sp³-hybridized carbons (Fsp3) is 0.500. The summed E-state index contributed by atoms with van der Waals surface area (Å²) in [5.74, 6) is 1.31. The van der Waals surface area contributed by atoms with Crippen molar-refractivity contribution in [3.8, 4) is 5.75 Å². The number of rotatable bonds is 5. The Morgan fingerprint density at radius 3 is 2.67 bits per heavy atom. The molecule has 0 bridgehead atoms. The summed E-state index contributed by atoms with van der Waals surface area (Å²) >= 11 is 0. The number of carbonyl (C=O) groups is 1. The largest absolute Gasteiger partial charge is 0.496 e. The van der Waals surface area contributed by atoms with E-state index >= 15 is 0 Å². The lowest BCUT2D eigenvalue weighted by Crippen LogP contribution is -2.14. The molecule has 0 radical (unpaired) electrons. The lowest BCUT2D eigenvalue weighted by atomic mass is 9.83. The molecule has 21 heavy (non-hydrogen) atoms. The summed E-state index contributed by atoms with van der Waals surface area (Å²) in [6.07, 6.45) is 3.42. The minimum Gasteiger partial charge on any atom is -0.496 e. The van der Waals surface area contributed by atoms with E-state index in [4.69, 9.17) is 4.74 Å². The molecule has 1 heterocycles. The lowest BCUT2D eigenvalue weighted by Gasteiger charge is -2.22. The molecule has 0 saturated carbocycles. The number of aromatic amines is 1. The predicted octanol–water partition coefficient (Wildman–Crippen LogP) is 4.82. The summed E-state index contributed by atoms with van der Waals surface area (Å²) in [4.78, 5) is 15.8. The number of hydrogen-bond acceptors (Lipinski definition) is 2. The standard InChI is InChI=1S/C18H25NO2/c1-12(10-18(2,3)4)9-15(20)13-11-19-14-7-6-8-16(21-5)17(13)14/h6-8,11-12,19H,9-10H2,1-5H3. The van der Waals surface area contributed by atoms with E-state index in [1.54, 1.807) is 13.3 Å². The Hall–Kier alpha value is -1.77. The summed E-state index contributed by atoms with van der Waals surface area (Å²) in [5, 5.41) is 0.896. The minimum absolute atomic E-state index is 0.183. The van der Waals surface area contributed by atoms with E-state index in [2.05, 4.69) is 32.7 Å². The van der Waals surface area contributed by atoms with Gasteiger partial charge in [0.15, 0.2) is 5.78 Å². The van der Waals surface area contributed by atoms with Gasteiger partial charge in [-0.1, -0.05) is 33.8 Å². The summed E-state index contributed by atoms with van der Waals surface area (Å²) in [5.41, 5.74) is 1.93. The summed E-state index contributed by atoms with van der Waals surface area (Å²) in [6.45, 7) is 8.78. The number of aromatic nitrogens is 1. The average molecular weight is 287 g/mol. The molecular weight excluding hydrogens is 262 g/mol. The molecule has 0 spiro atoms. The van der Waals surface area contributed by atoms with Crippen LogP contribution in [0.25, 0.3) is 10.9 Å². The second-order valence-corrected chi connectivity index (χ2v) is 7.08. The van der Waals surface area contributed by atoms with Gasteiger partial charge in [0, 0.05) is 23.7 Å². The van der Waals surface area contributed by atoms with Crippen molar-refractivity contribution >= 4 is 16.7 Å². The number of ketones is 1. The maximum Gasteiger partial charge on any atom is 0.165 e. The van der Waals surface area contributed by atoms with Crippen LogP contribution in [-0.4, -0.2) is 17.9 Å². The SMILES string of the molecule is COc1cccc2[nH]cc(C(=O)CC(C)CC(C)(C)C)c12. The van der Waals surface area contributed by atoms with Crippen molar-refractivity contribution in [2.75, 3.05) is 7.11 Å². The van der Waals surface area contributed by atoms with Crippen LogP contribution in [0.3, 0.4) is 0 Å². The number of nitrogens with one attached hydrogen (secondary N) is 1. The van der Waals surface area contributed by atoms with Gasteiger partial charge in [0.1, 0.15) is 5.75 Å². The predicted molar refractivity (Wildman–Crippen MR) is 87.0 cm³/mol. The third-order valence-corrected chi connectivity index (χ3v) is 3.68. The van der Waals surface area contributed by atoms with Crippen molar-refractivity contribution in [1.29, 1.82) is 0 Å². The smallest absolute Gasteiger partial charge is 0.165 e. The van der Waals surface area contributed by atoms with Crippen LogP contribution in [0.5, 0.6) is 5.75 Å². The Balaban J connectivity index is 2.24. The van der Waals surface area contributed by atoms with Gasteiger partial charge in [-0.2, -0.15) is 0 Å². The number of ether oxygens (including phenoxy) is 1. The average Bonchev–Trinajstić information content (AvgIpc) is 2.79. The quantitative estimate of drug-likeness (QED) is 0.801. The van der Waals surface area contributed by atoms with Gasteiger partial charge in [-0.25, -0.2) is 0 Å². The zero-order valence-electron chi connectivity index (χ0n) is 13.6. The lowest BCUT2D eigenvalue weighted by molar-refractivity contribution is 0.0956. The van der Waals surface area contributed by atoms with Gasteiger partial charge in [0.05, 0.1) is 12.5 Å². The van der Waals surface area contributed by atoms with Crippen LogP contribution in [0.15, 0.2) is 24.4 Å². The fourth-order valence-electron chi connectivity index (χ4n) is 3.09. The van der Waals surface area contributed by atoms with E-state index in [1.165, 1.54) is 0 Å². The van der Waals surface area contributed by atoms with Gasteiger partial charge in [-0.15, -0.1) is 0 Å². The van der Waals surface area contributed by atoms with Crippen LogP contribution in [0.4, 0.5) is 0 Å². The molecule has 0 fully saturated rings. The molecule has 1 aromatic heterocycles. The molecule has 0 amide bonds. The molecule has 114 valence electrons. The molecule has 0 aliphatic rings. The highest BCUT2D eigenvalue weighted by molar-refractivity contribution is 6.10. The zero-order chi connectivity index (χ0) is 15.6. The number of benzene rings is 1. The van der Waals surface area contributed by atoms with E-state index < -0.39 is 0 Å². The van der Waals surface area contributed by atoms with Crippen LogP contribution >= 0.6 is 0 Å². The van der Waals surface area contributed by atoms with Crippen molar-refractivity contribution < 1.29 is 9.53 Å². The van der Waals surface area contributed by atoms with Gasteiger partial charge in [-0.3, -0.25) is 4.79 Å². The van der Waals surface area contributed by atoms with Crippen LogP contribution < -0.4 is 4.74 Å². The molecule has 0 saturated heterocycles. The molecule has 1 unspecified atom stereocenters. The second kappa shape index (κ2) is 5.92. The van der Waals surface area contributed by atoms with Gasteiger partial charge >= 0.3 is 0 Å². The molecule has 3 heteroatoms.